The van der Waals surface area contributed by atoms with Gasteiger partial charge in [0.15, 0.2) is 6.61 Å². The first-order chi connectivity index (χ1) is 15.5. The molecule has 10 nitrogen and oxygen atoms in total. The van der Waals surface area contributed by atoms with E-state index in [1.807, 2.05) is 17.9 Å². The highest BCUT2D eigenvalue weighted by atomic mass is 32.2. The van der Waals surface area contributed by atoms with Crippen molar-refractivity contribution in [3.8, 4) is 23.6 Å². The van der Waals surface area contributed by atoms with Crippen LogP contribution < -0.4 is 25.4 Å². The Hall–Kier alpha value is -3.07. The summed E-state index contributed by atoms with van der Waals surface area (Å²) < 4.78 is 38.9. The largest absolute Gasteiger partial charge is 0.490 e. The molecule has 0 unspecified atom stereocenters. The number of rotatable bonds is 5. The molecule has 1 aromatic carbocycles. The van der Waals surface area contributed by atoms with Crippen molar-refractivity contribution in [2.24, 2.45) is 5.73 Å². The number of anilines is 2. The number of benzene rings is 1. The summed E-state index contributed by atoms with van der Waals surface area (Å²) in [6.07, 6.45) is 0. The summed E-state index contributed by atoms with van der Waals surface area (Å²) in [5.74, 6) is 6.77. The van der Waals surface area contributed by atoms with Gasteiger partial charge in [-0.05, 0) is 19.1 Å². The maximum absolute atomic E-state index is 13.2. The fourth-order valence-corrected chi connectivity index (χ4v) is 5.00. The van der Waals surface area contributed by atoms with Gasteiger partial charge in [0.1, 0.15) is 18.2 Å². The molecule has 3 heterocycles. The molecular weight excluding hydrogens is 432 g/mol. The quantitative estimate of drug-likeness (QED) is 0.615. The van der Waals surface area contributed by atoms with Crippen LogP contribution in [-0.2, 0) is 10.0 Å². The molecule has 2 aliphatic heterocycles. The molecule has 1 fully saturated rings. The summed E-state index contributed by atoms with van der Waals surface area (Å²) in [4.78, 5) is 11.0. The average molecular weight is 459 g/mol. The second-order valence-corrected chi connectivity index (χ2v) is 9.26. The number of aromatic nitrogens is 2. The summed E-state index contributed by atoms with van der Waals surface area (Å²) in [6, 6.07) is 7.06. The Morgan fingerprint density at radius 3 is 2.78 bits per heavy atom. The minimum absolute atomic E-state index is 0.159. The van der Waals surface area contributed by atoms with Gasteiger partial charge in [-0.15, -0.1) is 0 Å². The minimum atomic E-state index is -3.62. The molecule has 2 aliphatic rings. The predicted molar refractivity (Wildman–Crippen MR) is 120 cm³/mol. The fourth-order valence-electron chi connectivity index (χ4n) is 3.56. The standard InChI is InChI=1S/C21H26N6O4S/c1-16-14-20(25-21(24-16)31-12-3-2-6-22)26-8-10-27(11-9-26)32(28,29)17-4-5-18-19(15-17)30-13-7-23-18/h4-5,14-15,23H,6-13,22H2,1H3. The Morgan fingerprint density at radius 1 is 1.19 bits per heavy atom. The molecule has 3 N–H and O–H groups in total. The van der Waals surface area contributed by atoms with Gasteiger partial charge in [0.2, 0.25) is 10.0 Å². The van der Waals surface area contributed by atoms with Gasteiger partial charge >= 0.3 is 6.01 Å². The van der Waals surface area contributed by atoms with E-state index in [1.54, 1.807) is 18.2 Å². The van der Waals surface area contributed by atoms with Gasteiger partial charge in [0, 0.05) is 50.6 Å². The number of nitrogens with one attached hydrogen (secondary N) is 1. The molecular formula is C21H26N6O4S. The first-order valence-corrected chi connectivity index (χ1v) is 11.8. The van der Waals surface area contributed by atoms with Crippen LogP contribution in [0.4, 0.5) is 11.5 Å². The second-order valence-electron chi connectivity index (χ2n) is 7.32. The van der Waals surface area contributed by atoms with Crippen molar-refractivity contribution < 1.29 is 17.9 Å². The van der Waals surface area contributed by atoms with E-state index in [9.17, 15) is 8.42 Å². The molecule has 32 heavy (non-hydrogen) atoms. The molecule has 1 saturated heterocycles. The van der Waals surface area contributed by atoms with Crippen LogP contribution in [0.3, 0.4) is 0 Å². The molecule has 0 aliphatic carbocycles. The van der Waals surface area contributed by atoms with Crippen LogP contribution in [0.5, 0.6) is 11.8 Å². The number of hydrogen-bond acceptors (Lipinski definition) is 9. The Bertz CT molecular complexity index is 1140. The van der Waals surface area contributed by atoms with Gasteiger partial charge in [0.25, 0.3) is 0 Å². The second kappa shape index (κ2) is 9.60. The number of nitrogens with zero attached hydrogens (tertiary/aromatic N) is 4. The molecule has 0 bridgehead atoms. The molecule has 0 spiro atoms. The fraction of sp³-hybridized carbons (Fsp3) is 0.429. The van der Waals surface area contributed by atoms with E-state index in [1.165, 1.54) is 4.31 Å². The normalized spacial score (nSPS) is 16.2. The smallest absolute Gasteiger partial charge is 0.319 e. The molecule has 0 radical (unpaired) electrons. The highest BCUT2D eigenvalue weighted by Gasteiger charge is 2.30. The van der Waals surface area contributed by atoms with Gasteiger partial charge in [-0.3, -0.25) is 0 Å². The summed E-state index contributed by atoms with van der Waals surface area (Å²) >= 11 is 0. The molecule has 4 rings (SSSR count). The van der Waals surface area contributed by atoms with Crippen molar-refractivity contribution in [3.63, 3.8) is 0 Å². The lowest BCUT2D eigenvalue weighted by Gasteiger charge is -2.34. The Balaban J connectivity index is 1.43. The molecule has 0 atom stereocenters. The first kappa shape index (κ1) is 22.1. The zero-order valence-electron chi connectivity index (χ0n) is 17.9. The van der Waals surface area contributed by atoms with E-state index in [2.05, 4.69) is 27.1 Å². The zero-order chi connectivity index (χ0) is 22.6. The monoisotopic (exact) mass is 458 g/mol. The van der Waals surface area contributed by atoms with Crippen LogP contribution in [0.2, 0.25) is 0 Å². The van der Waals surface area contributed by atoms with Crippen molar-refractivity contribution in [1.29, 1.82) is 0 Å². The van der Waals surface area contributed by atoms with Crippen LogP contribution in [0, 0.1) is 18.8 Å². The third-order valence-electron chi connectivity index (χ3n) is 5.15. The van der Waals surface area contributed by atoms with Crippen LogP contribution >= 0.6 is 0 Å². The number of aryl methyl sites for hydroxylation is 1. The van der Waals surface area contributed by atoms with Gasteiger partial charge in [-0.1, -0.05) is 11.8 Å². The van der Waals surface area contributed by atoms with E-state index in [-0.39, 0.29) is 24.1 Å². The number of ether oxygens (including phenoxy) is 2. The lowest BCUT2D eigenvalue weighted by Crippen LogP contribution is -2.49. The van der Waals surface area contributed by atoms with E-state index < -0.39 is 10.0 Å². The number of hydrogen-bond donors (Lipinski definition) is 2. The van der Waals surface area contributed by atoms with Crippen molar-refractivity contribution in [2.45, 2.75) is 11.8 Å². The van der Waals surface area contributed by atoms with Crippen molar-refractivity contribution >= 4 is 21.5 Å². The summed E-state index contributed by atoms with van der Waals surface area (Å²) in [6.45, 7) is 5.21. The van der Waals surface area contributed by atoms with Crippen LogP contribution in [0.1, 0.15) is 5.69 Å². The maximum Gasteiger partial charge on any atom is 0.319 e. The molecule has 170 valence electrons. The third-order valence-corrected chi connectivity index (χ3v) is 7.04. The van der Waals surface area contributed by atoms with E-state index in [0.717, 1.165) is 11.4 Å². The Morgan fingerprint density at radius 2 is 2.00 bits per heavy atom. The van der Waals surface area contributed by atoms with E-state index in [4.69, 9.17) is 15.2 Å². The Labute approximate surface area is 187 Å². The zero-order valence-corrected chi connectivity index (χ0v) is 18.7. The number of nitrogens with two attached hydrogens (primary N) is 1. The van der Waals surface area contributed by atoms with E-state index in [0.29, 0.717) is 50.9 Å². The van der Waals surface area contributed by atoms with Gasteiger partial charge in [0.05, 0.1) is 17.1 Å². The number of fused-ring (bicyclic) bond motifs is 1. The first-order valence-electron chi connectivity index (χ1n) is 10.4. The topological polar surface area (TPSA) is 123 Å². The van der Waals surface area contributed by atoms with Crippen molar-refractivity contribution in [3.05, 3.63) is 30.0 Å². The number of piperazine rings is 1. The molecule has 0 saturated carbocycles. The maximum atomic E-state index is 13.2. The SMILES string of the molecule is Cc1cc(N2CCN(S(=O)(=O)c3ccc4c(c3)OCCN4)CC2)nc(OCC#CCN)n1. The lowest BCUT2D eigenvalue weighted by molar-refractivity contribution is 0.322. The number of sulfonamides is 1. The van der Waals surface area contributed by atoms with Crippen LogP contribution in [0.15, 0.2) is 29.2 Å². The van der Waals surface area contributed by atoms with Crippen LogP contribution in [-0.4, -0.2) is 75.2 Å². The van der Waals surface area contributed by atoms with Crippen molar-refractivity contribution in [2.75, 3.05) is 62.7 Å². The predicted octanol–water partition coefficient (Wildman–Crippen LogP) is 0.441. The average Bonchev–Trinajstić information content (AvgIpc) is 2.81. The van der Waals surface area contributed by atoms with Crippen LogP contribution in [0.25, 0.3) is 0 Å². The van der Waals surface area contributed by atoms with Gasteiger partial charge in [-0.2, -0.15) is 9.29 Å². The third kappa shape index (κ3) is 4.88. The molecule has 2 aromatic rings. The highest BCUT2D eigenvalue weighted by molar-refractivity contribution is 7.89. The molecule has 0 amide bonds. The lowest BCUT2D eigenvalue weighted by atomic mass is 10.2. The van der Waals surface area contributed by atoms with Gasteiger partial charge in [-0.25, -0.2) is 13.4 Å². The molecule has 1 aromatic heterocycles. The van der Waals surface area contributed by atoms with E-state index >= 15 is 0 Å². The highest BCUT2D eigenvalue weighted by Crippen LogP contribution is 2.31. The summed E-state index contributed by atoms with van der Waals surface area (Å²) in [5, 5.41) is 3.20. The Kier molecular flexibility index (Phi) is 6.64. The minimum Gasteiger partial charge on any atom is -0.490 e. The molecule has 11 heteroatoms. The summed E-state index contributed by atoms with van der Waals surface area (Å²) in [7, 11) is -3.62. The van der Waals surface area contributed by atoms with Crippen molar-refractivity contribution in [1.82, 2.24) is 14.3 Å². The van der Waals surface area contributed by atoms with Gasteiger partial charge < -0.3 is 25.4 Å². The summed E-state index contributed by atoms with van der Waals surface area (Å²) in [5.41, 5.74) is 6.91.